The molecule has 5 heteroatoms. The molecular formula is C15H15NO3S. The highest BCUT2D eigenvalue weighted by atomic mass is 32.1. The minimum Gasteiger partial charge on any atom is -0.454 e. The number of aryl methyl sites for hydroxylation is 1. The molecule has 0 spiro atoms. The average molecular weight is 289 g/mol. The first-order chi connectivity index (χ1) is 9.81. The van der Waals surface area contributed by atoms with Gasteiger partial charge in [0.25, 0.3) is 0 Å². The molecule has 0 atom stereocenters. The van der Waals surface area contributed by atoms with Crippen LogP contribution in [0.1, 0.15) is 16.9 Å². The fraction of sp³-hybridized carbons (Fsp3) is 0.267. The molecule has 4 nitrogen and oxygen atoms in total. The van der Waals surface area contributed by atoms with Crippen LogP contribution in [0.2, 0.25) is 0 Å². The Hall–Kier alpha value is -2.01. The van der Waals surface area contributed by atoms with Crippen molar-refractivity contribution in [3.63, 3.8) is 0 Å². The molecule has 0 saturated heterocycles. The Morgan fingerprint density at radius 3 is 3.00 bits per heavy atom. The largest absolute Gasteiger partial charge is 0.454 e. The number of carbonyl (C=O) groups is 1. The van der Waals surface area contributed by atoms with Gasteiger partial charge in [-0.1, -0.05) is 12.1 Å². The number of amides is 1. The van der Waals surface area contributed by atoms with Crippen LogP contribution < -0.4 is 14.8 Å². The number of nitrogens with one attached hydrogen (secondary N) is 1. The van der Waals surface area contributed by atoms with Gasteiger partial charge in [0.1, 0.15) is 0 Å². The number of thiophene rings is 1. The highest BCUT2D eigenvalue weighted by molar-refractivity contribution is 7.09. The molecule has 1 aliphatic heterocycles. The molecule has 0 fully saturated rings. The molecule has 20 heavy (non-hydrogen) atoms. The summed E-state index contributed by atoms with van der Waals surface area (Å²) in [6.45, 7) is 0.887. The van der Waals surface area contributed by atoms with Crippen molar-refractivity contribution >= 4 is 17.2 Å². The van der Waals surface area contributed by atoms with Gasteiger partial charge in [-0.25, -0.2) is 0 Å². The van der Waals surface area contributed by atoms with E-state index in [1.807, 2.05) is 35.7 Å². The van der Waals surface area contributed by atoms with Crippen LogP contribution in [-0.4, -0.2) is 12.7 Å². The molecule has 0 saturated carbocycles. The molecule has 2 heterocycles. The van der Waals surface area contributed by atoms with Crippen molar-refractivity contribution in [2.24, 2.45) is 0 Å². The van der Waals surface area contributed by atoms with Crippen LogP contribution in [0.25, 0.3) is 0 Å². The molecule has 0 radical (unpaired) electrons. The molecular weight excluding hydrogens is 274 g/mol. The molecule has 0 bridgehead atoms. The second-order valence-electron chi connectivity index (χ2n) is 4.54. The van der Waals surface area contributed by atoms with Gasteiger partial charge in [0.2, 0.25) is 12.7 Å². The van der Waals surface area contributed by atoms with E-state index in [9.17, 15) is 4.79 Å². The monoisotopic (exact) mass is 289 g/mol. The smallest absolute Gasteiger partial charge is 0.231 e. The lowest BCUT2D eigenvalue weighted by atomic mass is 10.1. The first-order valence-electron chi connectivity index (χ1n) is 6.49. The molecule has 0 aliphatic carbocycles. The minimum absolute atomic E-state index is 0.0658. The van der Waals surface area contributed by atoms with E-state index in [1.165, 1.54) is 4.88 Å². The number of fused-ring (bicyclic) bond motifs is 1. The predicted octanol–water partition coefficient (Wildman–Crippen LogP) is 2.73. The summed E-state index contributed by atoms with van der Waals surface area (Å²) < 4.78 is 10.6. The third kappa shape index (κ3) is 3.11. The lowest BCUT2D eigenvalue weighted by Crippen LogP contribution is -2.22. The molecule has 0 unspecified atom stereocenters. The number of benzene rings is 1. The molecule has 1 amide bonds. The Bertz CT molecular complexity index is 595. The molecule has 3 rings (SSSR count). The minimum atomic E-state index is 0.0658. The second kappa shape index (κ2) is 5.96. The van der Waals surface area contributed by atoms with Gasteiger partial charge in [-0.3, -0.25) is 4.79 Å². The summed E-state index contributed by atoms with van der Waals surface area (Å²) in [6.07, 6.45) is 1.18. The lowest BCUT2D eigenvalue weighted by molar-refractivity contribution is -0.121. The third-order valence-corrected chi connectivity index (χ3v) is 3.99. The van der Waals surface area contributed by atoms with E-state index in [0.717, 1.165) is 17.1 Å². The third-order valence-electron chi connectivity index (χ3n) is 3.12. The standard InChI is InChI=1S/C15H15NO3S/c17-15(16-9-12-2-1-7-20-12)6-4-11-3-5-13-14(8-11)19-10-18-13/h1-3,5,7-8H,4,6,9-10H2,(H,16,17). The second-order valence-corrected chi connectivity index (χ2v) is 5.58. The van der Waals surface area contributed by atoms with E-state index < -0.39 is 0 Å². The van der Waals surface area contributed by atoms with Crippen molar-refractivity contribution in [1.82, 2.24) is 5.32 Å². The first kappa shape index (κ1) is 13.0. The maximum atomic E-state index is 11.8. The Morgan fingerprint density at radius 1 is 1.25 bits per heavy atom. The van der Waals surface area contributed by atoms with Crippen molar-refractivity contribution in [1.29, 1.82) is 0 Å². The molecule has 104 valence electrons. The summed E-state index contributed by atoms with van der Waals surface area (Å²) in [5.41, 5.74) is 1.08. The van der Waals surface area contributed by atoms with Gasteiger partial charge in [-0.05, 0) is 35.6 Å². The number of carbonyl (C=O) groups excluding carboxylic acids is 1. The molecule has 1 N–H and O–H groups in total. The van der Waals surface area contributed by atoms with Gasteiger partial charge in [-0.2, -0.15) is 0 Å². The van der Waals surface area contributed by atoms with Crippen LogP contribution in [0.3, 0.4) is 0 Å². The molecule has 2 aromatic rings. The topological polar surface area (TPSA) is 47.6 Å². The Morgan fingerprint density at radius 2 is 2.15 bits per heavy atom. The van der Waals surface area contributed by atoms with Crippen LogP contribution in [0.15, 0.2) is 35.7 Å². The zero-order valence-corrected chi connectivity index (χ0v) is 11.7. The number of rotatable bonds is 5. The van der Waals surface area contributed by atoms with E-state index in [-0.39, 0.29) is 12.7 Å². The summed E-state index contributed by atoms with van der Waals surface area (Å²) >= 11 is 1.65. The predicted molar refractivity (Wildman–Crippen MR) is 77.1 cm³/mol. The van der Waals surface area contributed by atoms with Crippen LogP contribution in [-0.2, 0) is 17.8 Å². The Labute approximate surface area is 121 Å². The van der Waals surface area contributed by atoms with Crippen LogP contribution in [0.4, 0.5) is 0 Å². The maximum absolute atomic E-state index is 11.8. The van der Waals surface area contributed by atoms with Crippen molar-refractivity contribution in [2.75, 3.05) is 6.79 Å². The van der Waals surface area contributed by atoms with Gasteiger partial charge in [0, 0.05) is 11.3 Å². The lowest BCUT2D eigenvalue weighted by Gasteiger charge is -2.05. The van der Waals surface area contributed by atoms with Gasteiger partial charge >= 0.3 is 0 Å². The van der Waals surface area contributed by atoms with E-state index in [1.54, 1.807) is 11.3 Å². The zero-order chi connectivity index (χ0) is 13.8. The van der Waals surface area contributed by atoms with E-state index in [2.05, 4.69) is 5.32 Å². The van der Waals surface area contributed by atoms with Crippen LogP contribution in [0.5, 0.6) is 11.5 Å². The van der Waals surface area contributed by atoms with Crippen molar-refractivity contribution in [3.8, 4) is 11.5 Å². The fourth-order valence-electron chi connectivity index (χ4n) is 2.04. The number of hydrogen-bond donors (Lipinski definition) is 1. The summed E-state index contributed by atoms with van der Waals surface area (Å²) in [7, 11) is 0. The Balaban J connectivity index is 1.48. The fourth-order valence-corrected chi connectivity index (χ4v) is 2.69. The molecule has 1 aromatic carbocycles. The van der Waals surface area contributed by atoms with Gasteiger partial charge < -0.3 is 14.8 Å². The molecule has 1 aromatic heterocycles. The number of ether oxygens (including phenoxy) is 2. The van der Waals surface area contributed by atoms with E-state index in [4.69, 9.17) is 9.47 Å². The molecule has 1 aliphatic rings. The highest BCUT2D eigenvalue weighted by Crippen LogP contribution is 2.32. The van der Waals surface area contributed by atoms with E-state index in [0.29, 0.717) is 19.4 Å². The van der Waals surface area contributed by atoms with E-state index >= 15 is 0 Å². The van der Waals surface area contributed by atoms with Crippen LogP contribution in [0, 0.1) is 0 Å². The van der Waals surface area contributed by atoms with Crippen molar-refractivity contribution < 1.29 is 14.3 Å². The normalized spacial score (nSPS) is 12.4. The SMILES string of the molecule is O=C(CCc1ccc2c(c1)OCO2)NCc1cccs1. The van der Waals surface area contributed by atoms with Gasteiger partial charge in [0.15, 0.2) is 11.5 Å². The summed E-state index contributed by atoms with van der Waals surface area (Å²) in [5.74, 6) is 1.61. The van der Waals surface area contributed by atoms with Crippen molar-refractivity contribution in [3.05, 3.63) is 46.2 Å². The van der Waals surface area contributed by atoms with Crippen LogP contribution >= 0.6 is 11.3 Å². The Kier molecular flexibility index (Phi) is 3.87. The first-order valence-corrected chi connectivity index (χ1v) is 7.37. The van der Waals surface area contributed by atoms with Crippen molar-refractivity contribution in [2.45, 2.75) is 19.4 Å². The summed E-state index contributed by atoms with van der Waals surface area (Å²) in [6, 6.07) is 9.80. The summed E-state index contributed by atoms with van der Waals surface area (Å²) in [4.78, 5) is 13.0. The average Bonchev–Trinajstić information content (AvgIpc) is 3.13. The quantitative estimate of drug-likeness (QED) is 0.920. The number of hydrogen-bond acceptors (Lipinski definition) is 4. The zero-order valence-electron chi connectivity index (χ0n) is 10.9. The van der Waals surface area contributed by atoms with Gasteiger partial charge in [0.05, 0.1) is 6.54 Å². The maximum Gasteiger partial charge on any atom is 0.231 e. The summed E-state index contributed by atoms with van der Waals surface area (Å²) in [5, 5.41) is 4.93. The highest BCUT2D eigenvalue weighted by Gasteiger charge is 2.13. The van der Waals surface area contributed by atoms with Gasteiger partial charge in [-0.15, -0.1) is 11.3 Å².